The second-order valence-electron chi connectivity index (χ2n) is 3.06. The van der Waals surface area contributed by atoms with Crippen molar-refractivity contribution in [2.24, 2.45) is 4.99 Å². The molecule has 0 radical (unpaired) electrons. The molecule has 0 amide bonds. The van der Waals surface area contributed by atoms with Crippen LogP contribution in [0.15, 0.2) is 4.99 Å². The van der Waals surface area contributed by atoms with E-state index in [9.17, 15) is 4.21 Å². The van der Waals surface area contributed by atoms with Gasteiger partial charge in [-0.05, 0) is 6.42 Å². The maximum Gasteiger partial charge on any atom is 0.156 e. The lowest BCUT2D eigenvalue weighted by Crippen LogP contribution is -2.24. The number of aliphatic imine (C=N–C) groups is 1. The van der Waals surface area contributed by atoms with E-state index in [1.54, 1.807) is 18.0 Å². The molecule has 1 N–H and O–H groups in total. The molecule has 1 heterocycles. The Balaban J connectivity index is 2.09. The van der Waals surface area contributed by atoms with Crippen molar-refractivity contribution in [1.29, 1.82) is 0 Å². The number of amidine groups is 1. The van der Waals surface area contributed by atoms with Crippen LogP contribution in [0.4, 0.5) is 0 Å². The second-order valence-corrected chi connectivity index (χ2v) is 5.95. The Bertz CT molecular complexity index is 218. The average Bonchev–Trinajstić information content (AvgIpc) is 2.56. The fourth-order valence-electron chi connectivity index (χ4n) is 0.990. The minimum atomic E-state index is -0.700. The van der Waals surface area contributed by atoms with E-state index in [1.165, 1.54) is 0 Å². The van der Waals surface area contributed by atoms with Crippen LogP contribution in [0.2, 0.25) is 0 Å². The van der Waals surface area contributed by atoms with Gasteiger partial charge in [-0.2, -0.15) is 0 Å². The van der Waals surface area contributed by atoms with E-state index in [0.717, 1.165) is 30.4 Å². The Morgan fingerprint density at radius 1 is 1.77 bits per heavy atom. The summed E-state index contributed by atoms with van der Waals surface area (Å²) >= 11 is 1.77. The standard InChI is InChI=1S/C8H16N2OS2/c1-7(13(2)11)3-4-9-8-10-5-6-12-8/h7H,3-6H2,1-2H3,(H,9,10). The van der Waals surface area contributed by atoms with Crippen LogP contribution in [0.5, 0.6) is 0 Å². The molecular formula is C8H16N2OS2. The van der Waals surface area contributed by atoms with Crippen LogP contribution >= 0.6 is 11.8 Å². The molecule has 1 aliphatic heterocycles. The van der Waals surface area contributed by atoms with Crippen molar-refractivity contribution in [1.82, 2.24) is 5.32 Å². The smallest absolute Gasteiger partial charge is 0.156 e. The maximum absolute atomic E-state index is 11.0. The summed E-state index contributed by atoms with van der Waals surface area (Å²) in [6.07, 6.45) is 2.70. The monoisotopic (exact) mass is 220 g/mol. The number of nitrogens with one attached hydrogen (secondary N) is 1. The summed E-state index contributed by atoms with van der Waals surface area (Å²) in [6, 6.07) is 0. The van der Waals surface area contributed by atoms with E-state index in [0.29, 0.717) is 0 Å². The molecule has 2 atom stereocenters. The first-order valence-corrected chi connectivity index (χ1v) is 7.04. The van der Waals surface area contributed by atoms with Crippen LogP contribution in [0.25, 0.3) is 0 Å². The third-order valence-electron chi connectivity index (χ3n) is 1.98. The highest BCUT2D eigenvalue weighted by Crippen LogP contribution is 2.09. The number of hydrogen-bond donors (Lipinski definition) is 1. The molecule has 0 fully saturated rings. The minimum Gasteiger partial charge on any atom is -0.365 e. The molecular weight excluding hydrogens is 204 g/mol. The minimum absolute atomic E-state index is 0.277. The zero-order chi connectivity index (χ0) is 9.68. The summed E-state index contributed by atoms with van der Waals surface area (Å²) in [4.78, 5) is 4.27. The van der Waals surface area contributed by atoms with Crippen molar-refractivity contribution in [3.8, 4) is 0 Å². The van der Waals surface area contributed by atoms with Gasteiger partial charge in [0.05, 0.1) is 6.54 Å². The molecule has 0 aromatic carbocycles. The van der Waals surface area contributed by atoms with Gasteiger partial charge in [-0.25, -0.2) is 0 Å². The Morgan fingerprint density at radius 3 is 3.08 bits per heavy atom. The lowest BCUT2D eigenvalue weighted by molar-refractivity contribution is 0.666. The molecule has 1 aliphatic rings. The summed E-state index contributed by atoms with van der Waals surface area (Å²) in [5, 5.41) is 4.57. The van der Waals surface area contributed by atoms with Gasteiger partial charge in [-0.15, -0.1) is 0 Å². The zero-order valence-electron chi connectivity index (χ0n) is 8.08. The van der Waals surface area contributed by atoms with Gasteiger partial charge < -0.3 is 5.32 Å². The van der Waals surface area contributed by atoms with Gasteiger partial charge in [0, 0.05) is 34.6 Å². The van der Waals surface area contributed by atoms with E-state index < -0.39 is 10.8 Å². The average molecular weight is 220 g/mol. The largest absolute Gasteiger partial charge is 0.365 e. The molecule has 0 spiro atoms. The number of hydrogen-bond acceptors (Lipinski definition) is 4. The topological polar surface area (TPSA) is 41.5 Å². The van der Waals surface area contributed by atoms with E-state index in [-0.39, 0.29) is 5.25 Å². The fraction of sp³-hybridized carbons (Fsp3) is 0.875. The van der Waals surface area contributed by atoms with Gasteiger partial charge in [0.2, 0.25) is 0 Å². The van der Waals surface area contributed by atoms with Crippen molar-refractivity contribution in [3.05, 3.63) is 0 Å². The molecule has 2 unspecified atom stereocenters. The van der Waals surface area contributed by atoms with Crippen molar-refractivity contribution < 1.29 is 4.21 Å². The quantitative estimate of drug-likeness (QED) is 0.763. The summed E-state index contributed by atoms with van der Waals surface area (Å²) in [6.45, 7) is 3.83. The molecule has 3 nitrogen and oxygen atoms in total. The van der Waals surface area contributed by atoms with E-state index in [1.807, 2.05) is 6.92 Å². The Morgan fingerprint density at radius 2 is 2.54 bits per heavy atom. The highest BCUT2D eigenvalue weighted by Gasteiger charge is 2.08. The lowest BCUT2D eigenvalue weighted by atomic mass is 10.3. The molecule has 1 rings (SSSR count). The Hall–Kier alpha value is -0.0300. The molecule has 0 aromatic heterocycles. The predicted octanol–water partition coefficient (Wildman–Crippen LogP) is 0.836. The van der Waals surface area contributed by atoms with E-state index in [4.69, 9.17) is 0 Å². The van der Waals surface area contributed by atoms with Crippen molar-refractivity contribution in [2.75, 3.05) is 25.1 Å². The van der Waals surface area contributed by atoms with Crippen LogP contribution < -0.4 is 5.32 Å². The SMILES string of the molecule is CC(CCNC1=NCCS1)S(C)=O. The fourth-order valence-corrected chi connectivity index (χ4v) is 2.20. The summed E-state index contributed by atoms with van der Waals surface area (Å²) < 4.78 is 11.0. The molecule has 0 aliphatic carbocycles. The third-order valence-corrected chi connectivity index (χ3v) is 4.28. The lowest BCUT2D eigenvalue weighted by Gasteiger charge is -2.09. The van der Waals surface area contributed by atoms with Crippen molar-refractivity contribution >= 4 is 27.7 Å². The number of nitrogens with zero attached hydrogens (tertiary/aromatic N) is 1. The van der Waals surface area contributed by atoms with Gasteiger partial charge in [-0.1, -0.05) is 18.7 Å². The molecule has 5 heteroatoms. The van der Waals surface area contributed by atoms with Crippen LogP contribution in [0.3, 0.4) is 0 Å². The van der Waals surface area contributed by atoms with Crippen LogP contribution in [-0.4, -0.2) is 39.7 Å². The van der Waals surface area contributed by atoms with Gasteiger partial charge in [0.15, 0.2) is 5.17 Å². The first kappa shape index (κ1) is 11.0. The normalized spacial score (nSPS) is 20.9. The molecule has 76 valence electrons. The van der Waals surface area contributed by atoms with Crippen molar-refractivity contribution in [2.45, 2.75) is 18.6 Å². The number of rotatable bonds is 4. The summed E-state index contributed by atoms with van der Waals surface area (Å²) in [5.41, 5.74) is 0. The summed E-state index contributed by atoms with van der Waals surface area (Å²) in [7, 11) is -0.700. The molecule has 0 saturated heterocycles. The Kier molecular flexibility index (Phi) is 4.80. The van der Waals surface area contributed by atoms with Gasteiger partial charge in [0.25, 0.3) is 0 Å². The second kappa shape index (κ2) is 5.65. The molecule has 0 bridgehead atoms. The van der Waals surface area contributed by atoms with Crippen molar-refractivity contribution in [3.63, 3.8) is 0 Å². The van der Waals surface area contributed by atoms with Gasteiger partial charge in [0.1, 0.15) is 0 Å². The first-order chi connectivity index (χ1) is 6.20. The molecule has 13 heavy (non-hydrogen) atoms. The molecule has 0 aromatic rings. The van der Waals surface area contributed by atoms with Crippen LogP contribution in [-0.2, 0) is 10.8 Å². The summed E-state index contributed by atoms with van der Waals surface area (Å²) in [5.74, 6) is 1.09. The number of thioether (sulfide) groups is 1. The maximum atomic E-state index is 11.0. The Labute approximate surface area is 86.2 Å². The predicted molar refractivity (Wildman–Crippen MR) is 60.9 cm³/mol. The van der Waals surface area contributed by atoms with Gasteiger partial charge in [-0.3, -0.25) is 9.20 Å². The van der Waals surface area contributed by atoms with Crippen LogP contribution in [0, 0.1) is 0 Å². The highest BCUT2D eigenvalue weighted by molar-refractivity contribution is 8.14. The highest BCUT2D eigenvalue weighted by atomic mass is 32.2. The van der Waals surface area contributed by atoms with Crippen LogP contribution in [0.1, 0.15) is 13.3 Å². The van der Waals surface area contributed by atoms with E-state index in [2.05, 4.69) is 10.3 Å². The first-order valence-electron chi connectivity index (χ1n) is 4.43. The third kappa shape index (κ3) is 4.13. The zero-order valence-corrected chi connectivity index (χ0v) is 9.71. The van der Waals surface area contributed by atoms with Gasteiger partial charge >= 0.3 is 0 Å². The molecule has 0 saturated carbocycles. The van der Waals surface area contributed by atoms with E-state index >= 15 is 0 Å².